The van der Waals surface area contributed by atoms with E-state index in [1.54, 1.807) is 0 Å². The first kappa shape index (κ1) is 33.7. The Morgan fingerprint density at radius 3 is 1.92 bits per heavy atom. The fraction of sp³-hybridized carbons (Fsp3) is 0.500. The van der Waals surface area contributed by atoms with E-state index in [4.69, 9.17) is 39.9 Å². The standard InChI is InChI=1S/C24H35N2P.C4H7O.3ClH.Cr/c1-9-27(10-2)26-23(20-13-11-17(3)12-14-20)25-22-18(4)15-21(16-19(22)5)24(6,7)8;1-2-4-5-3-1;;;;/h11-16H,9-10H2,1-8H3,(H,25,26);3H,1-2,4H2;3*1H;/q;-1;;;;+4/p-2. The van der Waals surface area contributed by atoms with Crippen molar-refractivity contribution in [2.45, 2.75) is 73.6 Å². The number of nitrogens with one attached hydrogen (secondary N) is 1. The van der Waals surface area contributed by atoms with E-state index in [0.29, 0.717) is 0 Å². The Morgan fingerprint density at radius 1 is 1.03 bits per heavy atom. The van der Waals surface area contributed by atoms with E-state index in [9.17, 15) is 0 Å². The molecule has 0 saturated carbocycles. The van der Waals surface area contributed by atoms with E-state index in [1.165, 1.54) is 46.6 Å². The molecule has 1 fully saturated rings. The van der Waals surface area contributed by atoms with Crippen LogP contribution < -0.4 is 5.09 Å². The van der Waals surface area contributed by atoms with Gasteiger partial charge in [-0.25, -0.2) is 16.7 Å². The van der Waals surface area contributed by atoms with Crippen LogP contribution in [0.25, 0.3) is 0 Å². The number of benzene rings is 2. The first-order valence-electron chi connectivity index (χ1n) is 12.4. The monoisotopic (exact) mass is 611 g/mol. The first-order chi connectivity index (χ1) is 16.9. The minimum absolute atomic E-state index is 0.149. The number of halogens is 3. The van der Waals surface area contributed by atoms with Gasteiger partial charge in [-0.3, -0.25) is 0 Å². The molecule has 1 aliphatic rings. The van der Waals surface area contributed by atoms with Crippen LogP contribution in [0.2, 0.25) is 0 Å². The molecule has 0 atom stereocenters. The molecule has 2 aromatic rings. The molecule has 0 amide bonds. The normalized spacial score (nSPS) is 13.8. The predicted molar refractivity (Wildman–Crippen MR) is 162 cm³/mol. The van der Waals surface area contributed by atoms with Gasteiger partial charge >= 0.3 is 41.5 Å². The molecular formula is C28H43Cl3CrN2OP+. The van der Waals surface area contributed by atoms with Crippen LogP contribution >= 0.6 is 38.2 Å². The topological polar surface area (TPSA) is 33.6 Å². The number of rotatable bonds is 5. The summed E-state index contributed by atoms with van der Waals surface area (Å²) in [5.74, 6) is 1.02. The maximum absolute atomic E-state index is 5.15. The molecule has 36 heavy (non-hydrogen) atoms. The molecule has 8 heteroatoms. The van der Waals surface area contributed by atoms with Crippen molar-refractivity contribution >= 4 is 49.7 Å². The summed E-state index contributed by atoms with van der Waals surface area (Å²) in [7, 11) is 14.2. The second-order valence-electron chi connectivity index (χ2n) is 9.83. The first-order valence-corrected chi connectivity index (χ1v) is 19.6. The molecule has 1 heterocycles. The van der Waals surface area contributed by atoms with Crippen LogP contribution in [0.1, 0.15) is 75.3 Å². The van der Waals surface area contributed by atoms with Gasteiger partial charge in [-0.15, -0.1) is 0 Å². The van der Waals surface area contributed by atoms with Crippen molar-refractivity contribution in [2.24, 2.45) is 4.99 Å². The summed E-state index contributed by atoms with van der Waals surface area (Å²) in [6.07, 6.45) is 4.75. The van der Waals surface area contributed by atoms with Crippen LogP contribution in [0.4, 0.5) is 5.69 Å². The van der Waals surface area contributed by atoms with E-state index < -0.39 is 19.5 Å². The van der Waals surface area contributed by atoms with E-state index in [1.807, 2.05) is 6.61 Å². The molecule has 0 spiro atoms. The average Bonchev–Trinajstić information content (AvgIpc) is 3.38. The number of amidine groups is 1. The van der Waals surface area contributed by atoms with Gasteiger partial charge in [0.15, 0.2) is 5.84 Å². The molecule has 202 valence electrons. The molecule has 0 unspecified atom stereocenters. The SMILES string of the molecule is CC[PH+](CC)NC(=Nc1c(C)cc(C(C)(C)C)cc1C)c1ccc(C)cc1.[CH-]1CCCO1.[Cl][Cr+]([Cl])[Cl]. The van der Waals surface area contributed by atoms with Crippen LogP contribution in [0.5, 0.6) is 0 Å². The fourth-order valence-electron chi connectivity index (χ4n) is 3.56. The molecule has 1 aliphatic heterocycles. The van der Waals surface area contributed by atoms with E-state index in [-0.39, 0.29) is 5.41 Å². The third-order valence-corrected chi connectivity index (χ3v) is 8.05. The van der Waals surface area contributed by atoms with Gasteiger partial charge in [0.2, 0.25) is 0 Å². The number of hydrogen-bond donors (Lipinski definition) is 1. The molecule has 3 rings (SSSR count). The summed E-state index contributed by atoms with van der Waals surface area (Å²) in [5.41, 5.74) is 7.55. The van der Waals surface area contributed by atoms with Crippen molar-refractivity contribution in [2.75, 3.05) is 18.9 Å². The van der Waals surface area contributed by atoms with Gasteiger partial charge in [0.1, 0.15) is 0 Å². The Bertz CT molecular complexity index is 905. The zero-order valence-corrected chi connectivity index (χ0v) is 27.5. The van der Waals surface area contributed by atoms with E-state index in [2.05, 4.69) is 96.9 Å². The second-order valence-corrected chi connectivity index (χ2v) is 19.0. The van der Waals surface area contributed by atoms with Crippen molar-refractivity contribution in [3.8, 4) is 0 Å². The molecule has 0 aliphatic carbocycles. The van der Waals surface area contributed by atoms with Crippen molar-refractivity contribution in [1.29, 1.82) is 0 Å². The quantitative estimate of drug-likeness (QED) is 0.158. The number of nitrogens with zero attached hydrogens (tertiary/aromatic N) is 1. The minimum atomic E-state index is -1.62. The van der Waals surface area contributed by atoms with Gasteiger partial charge in [-0.2, -0.15) is 6.42 Å². The molecule has 0 aromatic heterocycles. The van der Waals surface area contributed by atoms with Crippen LogP contribution in [0, 0.1) is 27.4 Å². The van der Waals surface area contributed by atoms with Gasteiger partial charge in [-0.05, 0) is 56.7 Å². The van der Waals surface area contributed by atoms with Crippen LogP contribution in [-0.2, 0) is 21.5 Å². The van der Waals surface area contributed by atoms with Crippen molar-refractivity contribution < 1.29 is 16.1 Å². The third-order valence-electron chi connectivity index (χ3n) is 5.76. The third kappa shape index (κ3) is 13.0. The van der Waals surface area contributed by atoms with Crippen molar-refractivity contribution in [1.82, 2.24) is 5.09 Å². The molecule has 3 nitrogen and oxygen atoms in total. The zero-order chi connectivity index (χ0) is 27.3. The Morgan fingerprint density at radius 2 is 1.56 bits per heavy atom. The van der Waals surface area contributed by atoms with Gasteiger partial charge in [0.05, 0.1) is 26.1 Å². The van der Waals surface area contributed by atoms with Crippen LogP contribution in [0.3, 0.4) is 0 Å². The molecule has 2 aromatic carbocycles. The average molecular weight is 613 g/mol. The molecule has 0 bridgehead atoms. The van der Waals surface area contributed by atoms with Gasteiger partial charge in [0, 0.05) is 12.2 Å². The summed E-state index contributed by atoms with van der Waals surface area (Å²) < 4.78 is 4.82. The Balaban J connectivity index is 0.000000606. The molecule has 0 radical (unpaired) electrons. The zero-order valence-electron chi connectivity index (χ0n) is 23.0. The van der Waals surface area contributed by atoms with Gasteiger partial charge in [-0.1, -0.05) is 69.2 Å². The van der Waals surface area contributed by atoms with Crippen molar-refractivity contribution in [3.63, 3.8) is 0 Å². The summed E-state index contributed by atoms with van der Waals surface area (Å²) >= 11 is -1.62. The van der Waals surface area contributed by atoms with Crippen molar-refractivity contribution in [3.05, 3.63) is 70.8 Å². The Kier molecular flexibility index (Phi) is 16.2. The molecule has 1 N–H and O–H groups in total. The van der Waals surface area contributed by atoms with Gasteiger partial charge < -0.3 is 4.74 Å². The fourth-order valence-corrected chi connectivity index (χ4v) is 4.95. The van der Waals surface area contributed by atoms with Gasteiger partial charge in [0.25, 0.3) is 0 Å². The number of ether oxygens (including phenoxy) is 1. The summed E-state index contributed by atoms with van der Waals surface area (Å²) in [5, 5.41) is 3.79. The van der Waals surface area contributed by atoms with E-state index >= 15 is 0 Å². The summed E-state index contributed by atoms with van der Waals surface area (Å²) in [4.78, 5) is 5.15. The van der Waals surface area contributed by atoms with E-state index in [0.717, 1.165) is 24.6 Å². The summed E-state index contributed by atoms with van der Waals surface area (Å²) in [6, 6.07) is 13.3. The Labute approximate surface area is 238 Å². The predicted octanol–water partition coefficient (Wildman–Crippen LogP) is 9.77. The summed E-state index contributed by atoms with van der Waals surface area (Å²) in [6.45, 7) is 20.6. The van der Waals surface area contributed by atoms with Crippen LogP contribution in [0.15, 0.2) is 41.4 Å². The van der Waals surface area contributed by atoms with Crippen LogP contribution in [-0.4, -0.2) is 24.8 Å². The number of hydrogen-bond acceptors (Lipinski definition) is 2. The maximum atomic E-state index is 5.15. The Hall–Kier alpha value is -0.298. The number of aliphatic imine (C=N–C) groups is 1. The number of aryl methyl sites for hydroxylation is 3. The molecular weight excluding hydrogens is 570 g/mol. The molecule has 1 saturated heterocycles. The second kappa shape index (κ2) is 17.3.